The number of amides is 1. The lowest BCUT2D eigenvalue weighted by molar-refractivity contribution is 0.0854. The van der Waals surface area contributed by atoms with Crippen molar-refractivity contribution in [1.29, 1.82) is 5.26 Å². The fourth-order valence-corrected chi connectivity index (χ4v) is 5.14. The third-order valence-corrected chi connectivity index (χ3v) is 7.01. The molecule has 2 atom stereocenters. The lowest BCUT2D eigenvalue weighted by atomic mass is 9.70. The zero-order chi connectivity index (χ0) is 26.6. The molecule has 0 spiro atoms. The second-order valence-corrected chi connectivity index (χ2v) is 10.0. The number of fused-ring (bicyclic) bond motifs is 1. The first-order valence-corrected chi connectivity index (χ1v) is 12.9. The van der Waals surface area contributed by atoms with Crippen molar-refractivity contribution in [2.24, 2.45) is 5.92 Å². The van der Waals surface area contributed by atoms with E-state index in [9.17, 15) is 15.2 Å². The second-order valence-electron chi connectivity index (χ2n) is 10.0. The monoisotopic (exact) mass is 513 g/mol. The van der Waals surface area contributed by atoms with Crippen LogP contribution in [0.4, 0.5) is 10.5 Å². The predicted molar refractivity (Wildman–Crippen MR) is 142 cm³/mol. The Labute approximate surface area is 221 Å². The number of carbonyl (C=O) groups is 1. The molecule has 1 saturated carbocycles. The minimum Gasteiger partial charge on any atom is -0.491 e. The van der Waals surface area contributed by atoms with E-state index in [1.54, 1.807) is 26.2 Å². The standard InChI is InChI=1S/C29H31N5O4/c1-18(2)38-29(36)33-21-8-6-20(7-9-21)28-26(15-30)25-14-23(10-11-24(25)27(28)19-4-3-5-19)37-17-22(35)16-34-31-12-13-32-34/h6-14,18-19,22,27,35H,3-5,16-17H2,1-2H3,(H,33,36). The molecule has 1 amide bonds. The molecule has 0 bridgehead atoms. The number of nitriles is 1. The fourth-order valence-electron chi connectivity index (χ4n) is 5.14. The number of carbonyl (C=O) groups excluding carboxylic acids is 1. The van der Waals surface area contributed by atoms with E-state index in [0.29, 0.717) is 22.9 Å². The summed E-state index contributed by atoms with van der Waals surface area (Å²) in [5.41, 5.74) is 5.27. The first-order chi connectivity index (χ1) is 18.4. The Bertz CT molecular complexity index is 1350. The zero-order valence-corrected chi connectivity index (χ0v) is 21.5. The summed E-state index contributed by atoms with van der Waals surface area (Å²) in [6, 6.07) is 15.9. The highest BCUT2D eigenvalue weighted by Crippen LogP contribution is 2.55. The van der Waals surface area contributed by atoms with Crippen LogP contribution in [-0.2, 0) is 11.3 Å². The van der Waals surface area contributed by atoms with Crippen LogP contribution in [0.25, 0.3) is 11.1 Å². The lowest BCUT2D eigenvalue weighted by Crippen LogP contribution is -2.24. The number of hydrogen-bond donors (Lipinski definition) is 2. The van der Waals surface area contributed by atoms with Crippen molar-refractivity contribution in [2.75, 3.05) is 11.9 Å². The highest BCUT2D eigenvalue weighted by molar-refractivity contribution is 6.05. The molecule has 9 heteroatoms. The van der Waals surface area contributed by atoms with Crippen molar-refractivity contribution in [3.8, 4) is 11.8 Å². The van der Waals surface area contributed by atoms with Crippen molar-refractivity contribution < 1.29 is 19.4 Å². The molecular formula is C29H31N5O4. The van der Waals surface area contributed by atoms with Crippen LogP contribution in [0.2, 0.25) is 0 Å². The van der Waals surface area contributed by atoms with Gasteiger partial charge in [-0.2, -0.15) is 20.3 Å². The van der Waals surface area contributed by atoms with Crippen LogP contribution < -0.4 is 10.1 Å². The summed E-state index contributed by atoms with van der Waals surface area (Å²) in [5, 5.41) is 31.3. The van der Waals surface area contributed by atoms with Gasteiger partial charge in [0.2, 0.25) is 0 Å². The topological polar surface area (TPSA) is 122 Å². The number of allylic oxidation sites excluding steroid dienone is 2. The number of nitrogens with zero attached hydrogens (tertiary/aromatic N) is 4. The molecule has 5 rings (SSSR count). The molecule has 2 unspecified atom stereocenters. The molecule has 1 aromatic heterocycles. The molecule has 0 saturated heterocycles. The smallest absolute Gasteiger partial charge is 0.411 e. The van der Waals surface area contributed by atoms with E-state index < -0.39 is 12.2 Å². The van der Waals surface area contributed by atoms with E-state index in [2.05, 4.69) is 27.6 Å². The summed E-state index contributed by atoms with van der Waals surface area (Å²) >= 11 is 0. The van der Waals surface area contributed by atoms with Gasteiger partial charge in [-0.05, 0) is 73.6 Å². The normalized spacial score (nSPS) is 17.5. The molecule has 196 valence electrons. The Morgan fingerprint density at radius 2 is 1.92 bits per heavy atom. The van der Waals surface area contributed by atoms with Crippen LogP contribution in [0.5, 0.6) is 5.75 Å². The maximum atomic E-state index is 12.0. The Morgan fingerprint density at radius 3 is 2.55 bits per heavy atom. The van der Waals surface area contributed by atoms with E-state index in [1.807, 2.05) is 36.4 Å². The molecule has 1 heterocycles. The number of ether oxygens (including phenoxy) is 2. The van der Waals surface area contributed by atoms with Crippen LogP contribution >= 0.6 is 0 Å². The number of nitrogens with one attached hydrogen (secondary N) is 1. The Morgan fingerprint density at radius 1 is 1.18 bits per heavy atom. The molecule has 0 radical (unpaired) electrons. The molecule has 3 aromatic rings. The van der Waals surface area contributed by atoms with E-state index >= 15 is 0 Å². The van der Waals surface area contributed by atoms with Gasteiger partial charge in [0.15, 0.2) is 0 Å². The van der Waals surface area contributed by atoms with Crippen LogP contribution in [-0.4, -0.2) is 45.0 Å². The average molecular weight is 514 g/mol. The summed E-state index contributed by atoms with van der Waals surface area (Å²) in [7, 11) is 0. The van der Waals surface area contributed by atoms with E-state index in [0.717, 1.165) is 35.1 Å². The third kappa shape index (κ3) is 5.41. The molecule has 1 fully saturated rings. The Kier molecular flexibility index (Phi) is 7.43. The summed E-state index contributed by atoms with van der Waals surface area (Å²) in [6.07, 6.45) is 5.08. The minimum absolute atomic E-state index is 0.0819. The second kappa shape index (κ2) is 11.1. The van der Waals surface area contributed by atoms with Gasteiger partial charge in [0.05, 0.1) is 30.6 Å². The number of aromatic nitrogens is 3. The van der Waals surface area contributed by atoms with Crippen LogP contribution in [0.3, 0.4) is 0 Å². The lowest BCUT2D eigenvalue weighted by Gasteiger charge is -2.34. The highest BCUT2D eigenvalue weighted by Gasteiger charge is 2.39. The zero-order valence-electron chi connectivity index (χ0n) is 21.5. The maximum Gasteiger partial charge on any atom is 0.411 e. The summed E-state index contributed by atoms with van der Waals surface area (Å²) in [4.78, 5) is 13.4. The number of benzene rings is 2. The van der Waals surface area contributed by atoms with Crippen LogP contribution in [0.1, 0.15) is 55.7 Å². The highest BCUT2D eigenvalue weighted by atomic mass is 16.6. The van der Waals surface area contributed by atoms with Gasteiger partial charge in [-0.3, -0.25) is 5.32 Å². The first-order valence-electron chi connectivity index (χ1n) is 12.9. The number of hydrogen-bond acceptors (Lipinski definition) is 7. The Hall–Kier alpha value is -4.16. The van der Waals surface area contributed by atoms with Gasteiger partial charge < -0.3 is 14.6 Å². The van der Waals surface area contributed by atoms with Crippen LogP contribution in [0.15, 0.2) is 54.9 Å². The van der Waals surface area contributed by atoms with Gasteiger partial charge >= 0.3 is 6.09 Å². The van der Waals surface area contributed by atoms with Crippen LogP contribution in [0, 0.1) is 17.2 Å². The number of aliphatic hydroxyl groups is 1. The Balaban J connectivity index is 1.39. The first kappa shape index (κ1) is 25.5. The predicted octanol–water partition coefficient (Wildman–Crippen LogP) is 5.01. The van der Waals surface area contributed by atoms with Gasteiger partial charge in [-0.1, -0.05) is 24.6 Å². The van der Waals surface area contributed by atoms with E-state index in [4.69, 9.17) is 9.47 Å². The average Bonchev–Trinajstić information content (AvgIpc) is 3.47. The maximum absolute atomic E-state index is 12.0. The quantitative estimate of drug-likeness (QED) is 0.412. The summed E-state index contributed by atoms with van der Waals surface area (Å²) < 4.78 is 11.1. The van der Waals surface area contributed by atoms with E-state index in [-0.39, 0.29) is 25.2 Å². The summed E-state index contributed by atoms with van der Waals surface area (Å²) in [6.45, 7) is 3.91. The van der Waals surface area contributed by atoms with E-state index in [1.165, 1.54) is 11.2 Å². The number of anilines is 1. The number of aliphatic hydroxyl groups excluding tert-OH is 1. The van der Waals surface area contributed by atoms with Crippen molar-refractivity contribution in [3.05, 3.63) is 71.5 Å². The summed E-state index contributed by atoms with van der Waals surface area (Å²) in [5.74, 6) is 1.20. The van der Waals surface area contributed by atoms with Gasteiger partial charge in [0.25, 0.3) is 0 Å². The van der Waals surface area contributed by atoms with Gasteiger partial charge in [-0.25, -0.2) is 4.79 Å². The number of rotatable bonds is 9. The molecule has 2 aliphatic carbocycles. The molecule has 9 nitrogen and oxygen atoms in total. The van der Waals surface area contributed by atoms with Gasteiger partial charge in [0, 0.05) is 17.2 Å². The van der Waals surface area contributed by atoms with Crippen molar-refractivity contribution in [1.82, 2.24) is 15.0 Å². The molecule has 2 N–H and O–H groups in total. The van der Waals surface area contributed by atoms with Crippen molar-refractivity contribution >= 4 is 22.9 Å². The van der Waals surface area contributed by atoms with Crippen molar-refractivity contribution in [3.63, 3.8) is 0 Å². The SMILES string of the molecule is CC(C)OC(=O)Nc1ccc(C2=C(C#N)c3cc(OCC(O)Cn4nccn4)ccc3C2C2CCC2)cc1. The third-order valence-electron chi connectivity index (χ3n) is 7.01. The molecule has 2 aromatic carbocycles. The molecule has 38 heavy (non-hydrogen) atoms. The molecule has 0 aliphatic heterocycles. The molecule has 2 aliphatic rings. The minimum atomic E-state index is -0.773. The van der Waals surface area contributed by atoms with Crippen molar-refractivity contribution in [2.45, 2.75) is 57.8 Å². The fraction of sp³-hybridized carbons (Fsp3) is 0.379. The largest absolute Gasteiger partial charge is 0.491 e. The van der Waals surface area contributed by atoms with Gasteiger partial charge in [-0.15, -0.1) is 0 Å². The molecular weight excluding hydrogens is 482 g/mol. The van der Waals surface area contributed by atoms with Gasteiger partial charge in [0.1, 0.15) is 24.5 Å².